The molecule has 2 aromatic heterocycles. The van der Waals surface area contributed by atoms with Gasteiger partial charge in [0.25, 0.3) is 0 Å². The average molecular weight is 431 g/mol. The summed E-state index contributed by atoms with van der Waals surface area (Å²) in [5.41, 5.74) is 3.55. The van der Waals surface area contributed by atoms with Gasteiger partial charge in [-0.25, -0.2) is 9.98 Å². The van der Waals surface area contributed by atoms with E-state index in [0.717, 1.165) is 16.9 Å². The van der Waals surface area contributed by atoms with Crippen molar-refractivity contribution in [1.29, 1.82) is 0 Å². The predicted octanol–water partition coefficient (Wildman–Crippen LogP) is 3.55. The van der Waals surface area contributed by atoms with Gasteiger partial charge in [0.1, 0.15) is 17.1 Å². The molecule has 0 saturated carbocycles. The normalized spacial score (nSPS) is 11.7. The van der Waals surface area contributed by atoms with Gasteiger partial charge in [0.2, 0.25) is 0 Å². The minimum absolute atomic E-state index is 0.0791. The molecule has 2 N–H and O–H groups in total. The summed E-state index contributed by atoms with van der Waals surface area (Å²) in [6.07, 6.45) is 4.70. The van der Waals surface area contributed by atoms with E-state index < -0.39 is 6.61 Å². The van der Waals surface area contributed by atoms with E-state index >= 15 is 0 Å². The Balaban J connectivity index is 1.66. The summed E-state index contributed by atoms with van der Waals surface area (Å²) >= 11 is 0. The molecule has 0 aliphatic rings. The molecule has 9 heteroatoms. The van der Waals surface area contributed by atoms with Crippen LogP contribution in [0.3, 0.4) is 0 Å². The summed E-state index contributed by atoms with van der Waals surface area (Å²) in [5.74, 6) is 1.20. The highest BCUT2D eigenvalue weighted by Crippen LogP contribution is 2.26. The van der Waals surface area contributed by atoms with Crippen LogP contribution in [0.4, 0.5) is 8.78 Å². The number of pyridine rings is 1. The molecule has 0 aliphatic carbocycles. The zero-order chi connectivity index (χ0) is 22.2. The van der Waals surface area contributed by atoms with Crippen LogP contribution in [0.5, 0.6) is 11.5 Å². The Kier molecular flexibility index (Phi) is 7.64. The van der Waals surface area contributed by atoms with Gasteiger partial charge in [0, 0.05) is 37.5 Å². The molecular formula is C22H27F2N5O2. The fourth-order valence-electron chi connectivity index (χ4n) is 3.16. The second-order valence-electron chi connectivity index (χ2n) is 6.88. The second kappa shape index (κ2) is 10.6. The van der Waals surface area contributed by atoms with E-state index in [2.05, 4.69) is 25.3 Å². The monoisotopic (exact) mass is 431 g/mol. The highest BCUT2D eigenvalue weighted by Gasteiger charge is 2.11. The third-order valence-corrected chi connectivity index (χ3v) is 4.64. The van der Waals surface area contributed by atoms with Crippen LogP contribution in [-0.4, -0.2) is 42.2 Å². The maximum atomic E-state index is 12.7. The molecule has 3 aromatic rings. The lowest BCUT2D eigenvalue weighted by molar-refractivity contribution is -0.0504. The fraction of sp³-hybridized carbons (Fsp3) is 0.364. The highest BCUT2D eigenvalue weighted by atomic mass is 19.3. The molecule has 0 aliphatic heterocycles. The molecule has 0 saturated heterocycles. The predicted molar refractivity (Wildman–Crippen MR) is 116 cm³/mol. The summed E-state index contributed by atoms with van der Waals surface area (Å²) in [6, 6.07) is 8.70. The zero-order valence-electron chi connectivity index (χ0n) is 17.9. The van der Waals surface area contributed by atoms with Crippen LogP contribution in [0.25, 0.3) is 5.65 Å². The number of aryl methyl sites for hydroxylation is 1. The first-order valence-corrected chi connectivity index (χ1v) is 10.1. The number of hydrogen-bond donors (Lipinski definition) is 2. The van der Waals surface area contributed by atoms with E-state index in [1.807, 2.05) is 42.8 Å². The molecule has 3 rings (SSSR count). The van der Waals surface area contributed by atoms with E-state index in [9.17, 15) is 8.78 Å². The molecule has 0 fully saturated rings. The first-order valence-electron chi connectivity index (χ1n) is 10.1. The lowest BCUT2D eigenvalue weighted by Gasteiger charge is -2.13. The number of fused-ring (bicyclic) bond motifs is 1. The Morgan fingerprint density at radius 2 is 2.10 bits per heavy atom. The van der Waals surface area contributed by atoms with Crippen LogP contribution in [0.2, 0.25) is 0 Å². The van der Waals surface area contributed by atoms with Gasteiger partial charge in [-0.05, 0) is 43.7 Å². The van der Waals surface area contributed by atoms with Crippen molar-refractivity contribution in [2.45, 2.75) is 33.4 Å². The topological polar surface area (TPSA) is 72.2 Å². The molecule has 166 valence electrons. The van der Waals surface area contributed by atoms with Crippen molar-refractivity contribution in [2.24, 2.45) is 4.99 Å². The number of nitrogens with zero attached hydrogens (tertiary/aromatic N) is 3. The summed E-state index contributed by atoms with van der Waals surface area (Å²) in [6.45, 7) is 2.52. The summed E-state index contributed by atoms with van der Waals surface area (Å²) in [5, 5.41) is 6.41. The van der Waals surface area contributed by atoms with Gasteiger partial charge in [0.15, 0.2) is 5.96 Å². The SMILES string of the molecule is CCNC(=NCc1cc(OC)ccc1OC(F)F)NCCc1cn2cccc(C)c2n1. The summed E-state index contributed by atoms with van der Waals surface area (Å²) in [7, 11) is 1.52. The molecular weight excluding hydrogens is 404 g/mol. The first kappa shape index (κ1) is 22.3. The number of guanidine groups is 1. The fourth-order valence-corrected chi connectivity index (χ4v) is 3.16. The van der Waals surface area contributed by atoms with Gasteiger partial charge in [-0.15, -0.1) is 0 Å². The van der Waals surface area contributed by atoms with Gasteiger partial charge in [0.05, 0.1) is 19.3 Å². The lowest BCUT2D eigenvalue weighted by Crippen LogP contribution is -2.38. The molecule has 0 radical (unpaired) electrons. The lowest BCUT2D eigenvalue weighted by atomic mass is 10.2. The molecule has 7 nitrogen and oxygen atoms in total. The number of aliphatic imine (C=N–C) groups is 1. The minimum Gasteiger partial charge on any atom is -0.497 e. The van der Waals surface area contributed by atoms with Crippen LogP contribution in [0, 0.1) is 6.92 Å². The van der Waals surface area contributed by atoms with Crippen molar-refractivity contribution in [3.63, 3.8) is 0 Å². The quantitative estimate of drug-likeness (QED) is 0.401. The van der Waals surface area contributed by atoms with Gasteiger partial charge in [-0.1, -0.05) is 6.07 Å². The smallest absolute Gasteiger partial charge is 0.387 e. The Morgan fingerprint density at radius 1 is 1.26 bits per heavy atom. The van der Waals surface area contributed by atoms with Crippen molar-refractivity contribution in [3.8, 4) is 11.5 Å². The van der Waals surface area contributed by atoms with Crippen LogP contribution in [0.1, 0.15) is 23.7 Å². The second-order valence-corrected chi connectivity index (χ2v) is 6.88. The van der Waals surface area contributed by atoms with Crippen LogP contribution >= 0.6 is 0 Å². The Labute approximate surface area is 180 Å². The number of nitrogens with one attached hydrogen (secondary N) is 2. The molecule has 0 bridgehead atoms. The molecule has 0 amide bonds. The van der Waals surface area contributed by atoms with Crippen molar-refractivity contribution in [3.05, 3.63) is 59.5 Å². The third kappa shape index (κ3) is 6.07. The summed E-state index contributed by atoms with van der Waals surface area (Å²) in [4.78, 5) is 9.17. The average Bonchev–Trinajstić information content (AvgIpc) is 3.17. The number of rotatable bonds is 9. The molecule has 0 unspecified atom stereocenters. The number of alkyl halides is 2. The van der Waals surface area contributed by atoms with Crippen LogP contribution in [-0.2, 0) is 13.0 Å². The largest absolute Gasteiger partial charge is 0.497 e. The summed E-state index contributed by atoms with van der Waals surface area (Å²) < 4.78 is 37.2. The van der Waals surface area contributed by atoms with Crippen LogP contribution < -0.4 is 20.1 Å². The number of hydrogen-bond acceptors (Lipinski definition) is 4. The number of imidazole rings is 1. The Hall–Kier alpha value is -3.36. The number of aromatic nitrogens is 2. The van der Waals surface area contributed by atoms with Gasteiger partial charge in [-0.2, -0.15) is 8.78 Å². The standard InChI is InChI=1S/C22H27F2N5O2/c1-4-25-22(26-10-9-17-14-29-11-5-6-15(2)20(29)28-17)27-13-16-12-18(30-3)7-8-19(16)31-21(23)24/h5-8,11-12,14,21H,4,9-10,13H2,1-3H3,(H2,25,26,27). The van der Waals surface area contributed by atoms with E-state index in [-0.39, 0.29) is 12.3 Å². The number of methoxy groups -OCH3 is 1. The van der Waals surface area contributed by atoms with E-state index in [0.29, 0.717) is 36.8 Å². The van der Waals surface area contributed by atoms with Gasteiger partial charge >= 0.3 is 6.61 Å². The molecule has 1 aromatic carbocycles. The van der Waals surface area contributed by atoms with Crippen molar-refractivity contribution < 1.29 is 18.3 Å². The van der Waals surface area contributed by atoms with Crippen molar-refractivity contribution >= 4 is 11.6 Å². The van der Waals surface area contributed by atoms with Gasteiger partial charge in [-0.3, -0.25) is 0 Å². The number of benzene rings is 1. The molecule has 0 atom stereocenters. The Bertz CT molecular complexity index is 1040. The van der Waals surface area contributed by atoms with Crippen molar-refractivity contribution in [1.82, 2.24) is 20.0 Å². The molecule has 0 spiro atoms. The molecule has 31 heavy (non-hydrogen) atoms. The Morgan fingerprint density at radius 3 is 2.81 bits per heavy atom. The first-order chi connectivity index (χ1) is 15.0. The maximum absolute atomic E-state index is 12.7. The maximum Gasteiger partial charge on any atom is 0.387 e. The third-order valence-electron chi connectivity index (χ3n) is 4.64. The van der Waals surface area contributed by atoms with Crippen molar-refractivity contribution in [2.75, 3.05) is 20.2 Å². The van der Waals surface area contributed by atoms with Crippen LogP contribution in [0.15, 0.2) is 47.7 Å². The zero-order valence-corrected chi connectivity index (χ0v) is 17.9. The number of halogens is 2. The minimum atomic E-state index is -2.91. The van der Waals surface area contributed by atoms with E-state index in [1.54, 1.807) is 12.1 Å². The highest BCUT2D eigenvalue weighted by molar-refractivity contribution is 5.79. The van der Waals surface area contributed by atoms with Gasteiger partial charge < -0.3 is 24.5 Å². The molecule has 2 heterocycles. The van der Waals surface area contributed by atoms with E-state index in [1.165, 1.54) is 13.2 Å². The van der Waals surface area contributed by atoms with E-state index in [4.69, 9.17) is 4.74 Å². The number of ether oxygens (including phenoxy) is 2.